The fourth-order valence-electron chi connectivity index (χ4n) is 3.25. The highest BCUT2D eigenvalue weighted by Gasteiger charge is 2.19. The minimum atomic E-state index is -0.331. The average molecular weight is 376 g/mol. The maximum atomic E-state index is 10.3. The largest absolute Gasteiger partial charge is 0.497 e. The van der Waals surface area contributed by atoms with E-state index in [4.69, 9.17) is 20.3 Å². The number of benzene rings is 1. The summed E-state index contributed by atoms with van der Waals surface area (Å²) in [5, 5.41) is 9.96. The third kappa shape index (κ3) is 7.23. The molecule has 27 heavy (non-hydrogen) atoms. The van der Waals surface area contributed by atoms with Gasteiger partial charge in [0.05, 0.1) is 13.7 Å². The van der Waals surface area contributed by atoms with E-state index < -0.39 is 0 Å². The van der Waals surface area contributed by atoms with Crippen LogP contribution in [-0.2, 0) is 16.1 Å². The number of aromatic amines is 1. The van der Waals surface area contributed by atoms with Gasteiger partial charge in [-0.1, -0.05) is 38.5 Å². The molecule has 2 heterocycles. The maximum Gasteiger partial charge on any atom is 0.246 e. The zero-order valence-electron chi connectivity index (χ0n) is 16.2. The molecule has 1 aliphatic heterocycles. The maximum absolute atomic E-state index is 10.3. The molecule has 6 heteroatoms. The Morgan fingerprint density at radius 1 is 1.19 bits per heavy atom. The van der Waals surface area contributed by atoms with Gasteiger partial charge in [0.2, 0.25) is 5.91 Å². The number of fused-ring (bicyclic) bond motifs is 1. The van der Waals surface area contributed by atoms with Gasteiger partial charge >= 0.3 is 0 Å². The summed E-state index contributed by atoms with van der Waals surface area (Å²) in [5.41, 5.74) is 6.77. The topological polar surface area (TPSA) is 97.6 Å². The van der Waals surface area contributed by atoms with Gasteiger partial charge in [0.1, 0.15) is 11.9 Å². The number of carbonyl (C=O) groups is 1. The van der Waals surface area contributed by atoms with E-state index in [2.05, 4.69) is 4.98 Å². The second-order valence-electron chi connectivity index (χ2n) is 6.93. The standard InChI is InChI=1S/C10H11NO2.C6H12.C5H9NO2/c1-13-9-2-3-10-7(5-9)4-8(6-12)11-10;1-2-4-6-5-3-1;6-5(7)4-2-1-3-8-4/h2-5,11-12H,6H2,1H3;1-6H2;4H,1-3H2,(H2,6,7)/t;;4-/m..0/s1. The predicted octanol–water partition coefficient (Wildman–Crippen LogP) is 3.66. The SMILES string of the molecule is C1CCCCC1.COc1ccc2[nH]c(CO)cc2c1.NC(=O)[C@@H]1CCCO1. The van der Waals surface area contributed by atoms with Gasteiger partial charge in [-0.2, -0.15) is 0 Å². The number of amides is 1. The fraction of sp³-hybridized carbons (Fsp3) is 0.571. The molecule has 0 spiro atoms. The molecular weight excluding hydrogens is 344 g/mol. The van der Waals surface area contributed by atoms with Crippen molar-refractivity contribution in [2.45, 2.75) is 64.1 Å². The minimum absolute atomic E-state index is 0.0387. The Morgan fingerprint density at radius 3 is 2.30 bits per heavy atom. The quantitative estimate of drug-likeness (QED) is 0.761. The highest BCUT2D eigenvalue weighted by Crippen LogP contribution is 2.21. The number of hydrogen-bond donors (Lipinski definition) is 3. The summed E-state index contributed by atoms with van der Waals surface area (Å²) in [6.07, 6.45) is 10.5. The van der Waals surface area contributed by atoms with Gasteiger partial charge in [-0.05, 0) is 37.1 Å². The van der Waals surface area contributed by atoms with Gasteiger partial charge in [0, 0.05) is 23.2 Å². The van der Waals surface area contributed by atoms with Crippen LogP contribution in [0.4, 0.5) is 0 Å². The normalized spacial score (nSPS) is 18.8. The van der Waals surface area contributed by atoms with Crippen LogP contribution in [0.25, 0.3) is 10.9 Å². The van der Waals surface area contributed by atoms with Crippen LogP contribution in [0.3, 0.4) is 0 Å². The van der Waals surface area contributed by atoms with Crippen molar-refractivity contribution in [3.05, 3.63) is 30.0 Å². The highest BCUT2D eigenvalue weighted by molar-refractivity contribution is 5.81. The summed E-state index contributed by atoms with van der Waals surface area (Å²) >= 11 is 0. The van der Waals surface area contributed by atoms with Crippen LogP contribution in [0, 0.1) is 0 Å². The van der Waals surface area contributed by atoms with Crippen LogP contribution in [0.1, 0.15) is 57.1 Å². The van der Waals surface area contributed by atoms with Crippen LogP contribution in [0.2, 0.25) is 0 Å². The third-order valence-electron chi connectivity index (χ3n) is 4.80. The number of aliphatic hydroxyl groups is 1. The summed E-state index contributed by atoms with van der Waals surface area (Å²) in [6, 6.07) is 7.68. The van der Waals surface area contributed by atoms with E-state index in [1.807, 2.05) is 24.3 Å². The van der Waals surface area contributed by atoms with Gasteiger partial charge in [-0.25, -0.2) is 0 Å². The molecule has 150 valence electrons. The van der Waals surface area contributed by atoms with Crippen LogP contribution >= 0.6 is 0 Å². The minimum Gasteiger partial charge on any atom is -0.497 e. The van der Waals surface area contributed by atoms with Crippen LogP contribution in [0.15, 0.2) is 24.3 Å². The molecular formula is C21H32N2O4. The lowest BCUT2D eigenvalue weighted by Gasteiger charge is -2.05. The number of hydrogen-bond acceptors (Lipinski definition) is 4. The first-order valence-corrected chi connectivity index (χ1v) is 9.81. The number of ether oxygens (including phenoxy) is 2. The molecule has 1 aromatic heterocycles. The van der Waals surface area contributed by atoms with Gasteiger partial charge in [-0.3, -0.25) is 4.79 Å². The molecule has 0 bridgehead atoms. The first-order chi connectivity index (χ1) is 13.1. The Hall–Kier alpha value is -2.05. The molecule has 1 aromatic carbocycles. The molecule has 2 fully saturated rings. The molecule has 1 amide bonds. The zero-order chi connectivity index (χ0) is 19.5. The Kier molecular flexibility index (Phi) is 9.15. The van der Waals surface area contributed by atoms with Crippen molar-refractivity contribution in [2.24, 2.45) is 5.73 Å². The molecule has 6 nitrogen and oxygen atoms in total. The number of methoxy groups -OCH3 is 1. The Morgan fingerprint density at radius 2 is 1.85 bits per heavy atom. The first-order valence-electron chi connectivity index (χ1n) is 9.81. The molecule has 2 aromatic rings. The van der Waals surface area contributed by atoms with E-state index in [0.717, 1.165) is 35.2 Å². The van der Waals surface area contributed by atoms with E-state index >= 15 is 0 Å². The van der Waals surface area contributed by atoms with Gasteiger partial charge < -0.3 is 25.3 Å². The Bertz CT molecular complexity index is 675. The van der Waals surface area contributed by atoms with Crippen molar-refractivity contribution in [1.29, 1.82) is 0 Å². The van der Waals surface area contributed by atoms with Crippen molar-refractivity contribution in [3.63, 3.8) is 0 Å². The van der Waals surface area contributed by atoms with Gasteiger partial charge in [0.25, 0.3) is 0 Å². The summed E-state index contributed by atoms with van der Waals surface area (Å²) in [5.74, 6) is 0.499. The lowest BCUT2D eigenvalue weighted by molar-refractivity contribution is -0.126. The van der Waals surface area contributed by atoms with Crippen LogP contribution in [0.5, 0.6) is 5.75 Å². The molecule has 1 saturated carbocycles. The smallest absolute Gasteiger partial charge is 0.246 e. The second kappa shape index (κ2) is 11.6. The number of aromatic nitrogens is 1. The van der Waals surface area contributed by atoms with E-state index in [-0.39, 0.29) is 18.6 Å². The molecule has 1 aliphatic carbocycles. The van der Waals surface area contributed by atoms with Crippen molar-refractivity contribution < 1.29 is 19.4 Å². The summed E-state index contributed by atoms with van der Waals surface area (Å²) in [4.78, 5) is 13.4. The molecule has 1 atom stereocenters. The van der Waals surface area contributed by atoms with Crippen molar-refractivity contribution in [2.75, 3.05) is 13.7 Å². The van der Waals surface area contributed by atoms with E-state index in [1.165, 1.54) is 38.5 Å². The monoisotopic (exact) mass is 376 g/mol. The molecule has 1 saturated heterocycles. The number of carbonyl (C=O) groups excluding carboxylic acids is 1. The molecule has 0 radical (unpaired) electrons. The number of nitrogens with two attached hydrogens (primary N) is 1. The summed E-state index contributed by atoms with van der Waals surface area (Å²) in [7, 11) is 1.64. The van der Waals surface area contributed by atoms with Gasteiger partial charge in [0.15, 0.2) is 0 Å². The molecule has 4 N–H and O–H groups in total. The third-order valence-corrected chi connectivity index (χ3v) is 4.80. The Balaban J connectivity index is 0.000000159. The fourth-order valence-corrected chi connectivity index (χ4v) is 3.25. The van der Waals surface area contributed by atoms with E-state index in [9.17, 15) is 4.79 Å². The molecule has 0 unspecified atom stereocenters. The Labute approximate surface area is 161 Å². The number of rotatable bonds is 3. The van der Waals surface area contributed by atoms with Crippen molar-refractivity contribution in [3.8, 4) is 5.75 Å². The highest BCUT2D eigenvalue weighted by atomic mass is 16.5. The van der Waals surface area contributed by atoms with Crippen molar-refractivity contribution in [1.82, 2.24) is 4.98 Å². The molecule has 4 rings (SSSR count). The lowest BCUT2D eigenvalue weighted by Crippen LogP contribution is -2.27. The van der Waals surface area contributed by atoms with Crippen LogP contribution < -0.4 is 10.5 Å². The summed E-state index contributed by atoms with van der Waals surface area (Å²) < 4.78 is 10.0. The van der Waals surface area contributed by atoms with E-state index in [1.54, 1.807) is 7.11 Å². The second-order valence-corrected chi connectivity index (χ2v) is 6.93. The van der Waals surface area contributed by atoms with Crippen molar-refractivity contribution >= 4 is 16.8 Å². The predicted molar refractivity (Wildman–Crippen MR) is 107 cm³/mol. The number of primary amides is 1. The zero-order valence-corrected chi connectivity index (χ0v) is 16.2. The average Bonchev–Trinajstić information content (AvgIpc) is 3.39. The summed E-state index contributed by atoms with van der Waals surface area (Å²) in [6.45, 7) is 0.727. The number of aliphatic hydroxyl groups excluding tert-OH is 1. The van der Waals surface area contributed by atoms with Gasteiger partial charge in [-0.15, -0.1) is 0 Å². The number of H-pyrrole nitrogens is 1. The van der Waals surface area contributed by atoms with Crippen LogP contribution in [-0.4, -0.2) is 35.8 Å². The van der Waals surface area contributed by atoms with E-state index in [0.29, 0.717) is 6.61 Å². The number of nitrogens with one attached hydrogen (secondary N) is 1. The first kappa shape index (κ1) is 21.3. The lowest BCUT2D eigenvalue weighted by atomic mass is 10.0. The molecule has 2 aliphatic rings.